The summed E-state index contributed by atoms with van der Waals surface area (Å²) >= 11 is 0. The molecule has 0 aliphatic heterocycles. The monoisotopic (exact) mass is 201 g/mol. The molecule has 1 aromatic carbocycles. The molecule has 15 heavy (non-hydrogen) atoms. The Hall–Kier alpha value is -0.820. The van der Waals surface area contributed by atoms with E-state index in [2.05, 4.69) is 30.3 Å². The van der Waals surface area contributed by atoms with Crippen molar-refractivity contribution in [2.45, 2.75) is 43.6 Å². The zero-order valence-electron chi connectivity index (χ0n) is 9.15. The standard InChI is InChI=1S/C14H19N/c15-13-10-12(13)14(8-4-5-9-14)11-6-2-1-3-7-11/h1-3,6-7,12-13H,4-5,8-10,15H2. The highest BCUT2D eigenvalue weighted by Gasteiger charge is 2.52. The first-order valence-electron chi connectivity index (χ1n) is 6.14. The number of nitrogens with two attached hydrogens (primary N) is 1. The van der Waals surface area contributed by atoms with E-state index in [0.717, 1.165) is 5.92 Å². The Bertz CT molecular complexity index is 338. The summed E-state index contributed by atoms with van der Waals surface area (Å²) in [5, 5.41) is 0. The second kappa shape index (κ2) is 3.34. The first-order chi connectivity index (χ1) is 7.33. The SMILES string of the molecule is NC1CC1C1(c2ccccc2)CCCC1. The lowest BCUT2D eigenvalue weighted by atomic mass is 9.74. The van der Waals surface area contributed by atoms with Gasteiger partial charge in [0, 0.05) is 6.04 Å². The van der Waals surface area contributed by atoms with Crippen LogP contribution in [-0.2, 0) is 5.41 Å². The third-order valence-corrected chi connectivity index (χ3v) is 4.39. The van der Waals surface area contributed by atoms with Gasteiger partial charge in [-0.1, -0.05) is 43.2 Å². The Morgan fingerprint density at radius 2 is 1.67 bits per heavy atom. The molecule has 2 aliphatic carbocycles. The lowest BCUT2D eigenvalue weighted by Gasteiger charge is -2.30. The number of hydrogen-bond donors (Lipinski definition) is 1. The van der Waals surface area contributed by atoms with Crippen LogP contribution in [0.15, 0.2) is 30.3 Å². The van der Waals surface area contributed by atoms with Gasteiger partial charge in [-0.2, -0.15) is 0 Å². The van der Waals surface area contributed by atoms with Crippen molar-refractivity contribution >= 4 is 0 Å². The number of benzene rings is 1. The van der Waals surface area contributed by atoms with E-state index < -0.39 is 0 Å². The van der Waals surface area contributed by atoms with Gasteiger partial charge in [0.05, 0.1) is 0 Å². The highest BCUT2D eigenvalue weighted by atomic mass is 14.8. The average Bonchev–Trinajstić information content (AvgIpc) is 2.84. The minimum absolute atomic E-state index is 0.445. The molecule has 0 amide bonds. The summed E-state index contributed by atoms with van der Waals surface area (Å²) in [5.74, 6) is 0.766. The van der Waals surface area contributed by atoms with Gasteiger partial charge < -0.3 is 5.73 Å². The van der Waals surface area contributed by atoms with Crippen molar-refractivity contribution in [1.82, 2.24) is 0 Å². The maximum atomic E-state index is 6.07. The second-order valence-corrected chi connectivity index (χ2v) is 5.24. The van der Waals surface area contributed by atoms with Crippen LogP contribution in [-0.4, -0.2) is 6.04 Å². The molecule has 1 heteroatoms. The van der Waals surface area contributed by atoms with Gasteiger partial charge in [-0.15, -0.1) is 0 Å². The van der Waals surface area contributed by atoms with Crippen molar-refractivity contribution < 1.29 is 0 Å². The zero-order valence-corrected chi connectivity index (χ0v) is 9.15. The molecule has 2 atom stereocenters. The molecule has 0 spiro atoms. The van der Waals surface area contributed by atoms with Crippen LogP contribution in [0.4, 0.5) is 0 Å². The molecule has 0 aromatic heterocycles. The van der Waals surface area contributed by atoms with Gasteiger partial charge in [-0.3, -0.25) is 0 Å². The van der Waals surface area contributed by atoms with Crippen LogP contribution in [0, 0.1) is 5.92 Å². The summed E-state index contributed by atoms with van der Waals surface area (Å²) < 4.78 is 0. The van der Waals surface area contributed by atoms with Gasteiger partial charge in [0.2, 0.25) is 0 Å². The molecule has 0 heterocycles. The van der Waals surface area contributed by atoms with Gasteiger partial charge >= 0.3 is 0 Å². The van der Waals surface area contributed by atoms with Gasteiger partial charge in [-0.05, 0) is 36.2 Å². The van der Waals surface area contributed by atoms with Crippen molar-refractivity contribution in [2.75, 3.05) is 0 Å². The van der Waals surface area contributed by atoms with E-state index in [1.54, 1.807) is 5.56 Å². The lowest BCUT2D eigenvalue weighted by molar-refractivity contribution is 0.373. The van der Waals surface area contributed by atoms with Crippen molar-refractivity contribution in [2.24, 2.45) is 11.7 Å². The molecule has 0 radical (unpaired) electrons. The van der Waals surface area contributed by atoms with E-state index in [1.807, 2.05) is 0 Å². The van der Waals surface area contributed by atoms with Crippen LogP contribution in [0.1, 0.15) is 37.7 Å². The molecule has 0 bridgehead atoms. The highest BCUT2D eigenvalue weighted by molar-refractivity contribution is 5.31. The van der Waals surface area contributed by atoms with Gasteiger partial charge in [-0.25, -0.2) is 0 Å². The predicted molar refractivity (Wildman–Crippen MR) is 62.7 cm³/mol. The fourth-order valence-electron chi connectivity index (χ4n) is 3.50. The fourth-order valence-corrected chi connectivity index (χ4v) is 3.50. The minimum atomic E-state index is 0.445. The molecular weight excluding hydrogens is 182 g/mol. The van der Waals surface area contributed by atoms with E-state index in [4.69, 9.17) is 5.73 Å². The molecule has 1 nitrogen and oxygen atoms in total. The number of rotatable bonds is 2. The second-order valence-electron chi connectivity index (χ2n) is 5.24. The molecule has 1 aromatic rings. The topological polar surface area (TPSA) is 26.0 Å². The molecule has 2 fully saturated rings. The van der Waals surface area contributed by atoms with Gasteiger partial charge in [0.1, 0.15) is 0 Å². The smallest absolute Gasteiger partial charge is 0.00798 e. The van der Waals surface area contributed by atoms with Crippen LogP contribution in [0.3, 0.4) is 0 Å². The van der Waals surface area contributed by atoms with E-state index in [0.29, 0.717) is 11.5 Å². The zero-order chi connectivity index (χ0) is 10.3. The Balaban J connectivity index is 1.97. The van der Waals surface area contributed by atoms with Crippen LogP contribution in [0.5, 0.6) is 0 Å². The lowest BCUT2D eigenvalue weighted by Crippen LogP contribution is -2.28. The molecule has 3 rings (SSSR count). The fraction of sp³-hybridized carbons (Fsp3) is 0.571. The summed E-state index contributed by atoms with van der Waals surface area (Å²) in [5.41, 5.74) is 8.06. The van der Waals surface area contributed by atoms with Crippen LogP contribution in [0.2, 0.25) is 0 Å². The Labute approximate surface area is 91.7 Å². The van der Waals surface area contributed by atoms with Gasteiger partial charge in [0.25, 0.3) is 0 Å². The van der Waals surface area contributed by atoms with E-state index in [9.17, 15) is 0 Å². The first-order valence-corrected chi connectivity index (χ1v) is 6.14. The Morgan fingerprint density at radius 3 is 2.20 bits per heavy atom. The summed E-state index contributed by atoms with van der Waals surface area (Å²) in [6.07, 6.45) is 6.73. The maximum Gasteiger partial charge on any atom is 0.00798 e. The van der Waals surface area contributed by atoms with E-state index >= 15 is 0 Å². The molecule has 80 valence electrons. The molecule has 2 aliphatic rings. The van der Waals surface area contributed by atoms with E-state index in [-0.39, 0.29) is 0 Å². The molecule has 0 saturated heterocycles. The van der Waals surface area contributed by atoms with Crippen molar-refractivity contribution in [3.63, 3.8) is 0 Å². The van der Waals surface area contributed by atoms with Crippen molar-refractivity contribution in [3.05, 3.63) is 35.9 Å². The molecule has 2 saturated carbocycles. The highest BCUT2D eigenvalue weighted by Crippen LogP contribution is 2.55. The normalized spacial score (nSPS) is 32.9. The van der Waals surface area contributed by atoms with E-state index in [1.165, 1.54) is 32.1 Å². The molecular formula is C14H19N. The predicted octanol–water partition coefficient (Wildman–Crippen LogP) is 2.85. The largest absolute Gasteiger partial charge is 0.327 e. The minimum Gasteiger partial charge on any atom is -0.327 e. The first kappa shape index (κ1) is 9.41. The van der Waals surface area contributed by atoms with Crippen LogP contribution >= 0.6 is 0 Å². The summed E-state index contributed by atoms with van der Waals surface area (Å²) in [7, 11) is 0. The summed E-state index contributed by atoms with van der Waals surface area (Å²) in [6.45, 7) is 0. The van der Waals surface area contributed by atoms with Crippen molar-refractivity contribution in [3.8, 4) is 0 Å². The van der Waals surface area contributed by atoms with Crippen molar-refractivity contribution in [1.29, 1.82) is 0 Å². The molecule has 2 N–H and O–H groups in total. The van der Waals surface area contributed by atoms with Crippen LogP contribution < -0.4 is 5.73 Å². The Kier molecular flexibility index (Phi) is 2.10. The quantitative estimate of drug-likeness (QED) is 0.782. The maximum absolute atomic E-state index is 6.07. The average molecular weight is 201 g/mol. The summed E-state index contributed by atoms with van der Waals surface area (Å²) in [6, 6.07) is 11.5. The van der Waals surface area contributed by atoms with Crippen LogP contribution in [0.25, 0.3) is 0 Å². The molecule has 2 unspecified atom stereocenters. The number of hydrogen-bond acceptors (Lipinski definition) is 1. The summed E-state index contributed by atoms with van der Waals surface area (Å²) in [4.78, 5) is 0. The Morgan fingerprint density at radius 1 is 1.07 bits per heavy atom. The third kappa shape index (κ3) is 1.41. The van der Waals surface area contributed by atoms with Gasteiger partial charge in [0.15, 0.2) is 0 Å². The third-order valence-electron chi connectivity index (χ3n) is 4.39.